The Kier molecular flexibility index (Phi) is 6.28. The second-order valence-corrected chi connectivity index (χ2v) is 9.74. The third-order valence-electron chi connectivity index (χ3n) is 5.24. The zero-order chi connectivity index (χ0) is 23.0. The monoisotopic (exact) mass is 445 g/mol. The Labute approximate surface area is 187 Å². The molecule has 2 N–H and O–H groups in total. The Hall–Kier alpha value is -2.66. The van der Waals surface area contributed by atoms with Crippen LogP contribution in [0.3, 0.4) is 0 Å². The second-order valence-electron chi connectivity index (χ2n) is 8.85. The maximum absolute atomic E-state index is 14.7. The molecule has 3 rings (SSSR count). The summed E-state index contributed by atoms with van der Waals surface area (Å²) in [6, 6.07) is 2.83. The van der Waals surface area contributed by atoms with Crippen LogP contribution in [0.25, 0.3) is 6.08 Å². The fourth-order valence-electron chi connectivity index (χ4n) is 3.42. The van der Waals surface area contributed by atoms with Gasteiger partial charge in [0, 0.05) is 29.3 Å². The number of halogens is 1. The molecule has 2 atom stereocenters. The minimum absolute atomic E-state index is 0.0160. The van der Waals surface area contributed by atoms with Crippen molar-refractivity contribution < 1.29 is 18.8 Å². The third kappa shape index (κ3) is 4.99. The Bertz CT molecular complexity index is 995. The normalized spacial score (nSPS) is 20.3. The average Bonchev–Trinajstić information content (AvgIpc) is 3.06. The summed E-state index contributed by atoms with van der Waals surface area (Å²) in [4.78, 5) is 18.4. The van der Waals surface area contributed by atoms with E-state index < -0.39 is 22.4 Å². The molecule has 0 bridgehead atoms. The molecule has 0 spiro atoms. The molecule has 2 aliphatic rings. The molecule has 6 nitrogen and oxygen atoms in total. The first-order valence-corrected chi connectivity index (χ1v) is 11.3. The minimum Gasteiger partial charge on any atom is -0.467 e. The summed E-state index contributed by atoms with van der Waals surface area (Å²) >= 11 is 1.17. The smallest absolute Gasteiger partial charge is 0.272 e. The molecular weight excluding hydrogens is 417 g/mol. The van der Waals surface area contributed by atoms with Crippen molar-refractivity contribution in [1.29, 1.82) is 0 Å². The Morgan fingerprint density at radius 2 is 2.23 bits per heavy atom. The standard InChI is InChI=1S/C23H28FN3O3S/c1-8-14-9-15-10-18(16(24)11-17(15)25-13(14)2)29-21(31-7)20(28)26-23(5,6)19-12-22(3,4)30-27-19/h1,9-11,13,21,25H,12H2,2-7H3,(H,26,28). The number of anilines is 1. The summed E-state index contributed by atoms with van der Waals surface area (Å²) in [5.41, 5.74) is 0.740. The lowest BCUT2D eigenvalue weighted by atomic mass is 9.90. The Balaban J connectivity index is 1.77. The van der Waals surface area contributed by atoms with Crippen molar-refractivity contribution in [3.63, 3.8) is 0 Å². The lowest BCUT2D eigenvalue weighted by molar-refractivity contribution is -0.125. The zero-order valence-electron chi connectivity index (χ0n) is 18.6. The minimum atomic E-state index is -0.950. The molecule has 0 saturated heterocycles. The van der Waals surface area contributed by atoms with E-state index in [2.05, 4.69) is 21.7 Å². The van der Waals surface area contributed by atoms with Gasteiger partial charge in [0.2, 0.25) is 5.44 Å². The number of rotatable bonds is 6. The first-order valence-electron chi connectivity index (χ1n) is 10.0. The van der Waals surface area contributed by atoms with Crippen molar-refractivity contribution in [3.8, 4) is 18.1 Å². The molecule has 0 radical (unpaired) electrons. The van der Waals surface area contributed by atoms with Crippen molar-refractivity contribution in [2.24, 2.45) is 5.16 Å². The fourth-order valence-corrected chi connectivity index (χ4v) is 3.89. The molecule has 1 amide bonds. The number of amides is 1. The van der Waals surface area contributed by atoms with E-state index in [0.717, 1.165) is 11.3 Å². The number of ether oxygens (including phenoxy) is 1. The first-order chi connectivity index (χ1) is 14.5. The van der Waals surface area contributed by atoms with Crippen molar-refractivity contribution in [2.45, 2.75) is 63.7 Å². The van der Waals surface area contributed by atoms with Crippen LogP contribution in [0.4, 0.5) is 10.1 Å². The topological polar surface area (TPSA) is 72.0 Å². The number of nitrogens with zero attached hydrogens (tertiary/aromatic N) is 1. The Morgan fingerprint density at radius 3 is 2.81 bits per heavy atom. The highest BCUT2D eigenvalue weighted by atomic mass is 32.2. The van der Waals surface area contributed by atoms with Crippen LogP contribution in [0.1, 0.15) is 46.6 Å². The van der Waals surface area contributed by atoms with Gasteiger partial charge >= 0.3 is 0 Å². The number of carbonyl (C=O) groups is 1. The number of fused-ring (bicyclic) bond motifs is 1. The Morgan fingerprint density at radius 1 is 1.52 bits per heavy atom. The number of carbonyl (C=O) groups excluding carboxylic acids is 1. The molecule has 8 heteroatoms. The molecule has 166 valence electrons. The van der Waals surface area contributed by atoms with Crippen molar-refractivity contribution >= 4 is 35.1 Å². The van der Waals surface area contributed by atoms with Gasteiger partial charge in [-0.2, -0.15) is 0 Å². The van der Waals surface area contributed by atoms with E-state index in [1.54, 1.807) is 12.3 Å². The van der Waals surface area contributed by atoms with Gasteiger partial charge in [0.25, 0.3) is 5.91 Å². The highest BCUT2D eigenvalue weighted by Gasteiger charge is 2.39. The van der Waals surface area contributed by atoms with Crippen LogP contribution in [-0.4, -0.2) is 40.5 Å². The summed E-state index contributed by atoms with van der Waals surface area (Å²) in [5.74, 6) is 1.68. The van der Waals surface area contributed by atoms with Gasteiger partial charge in [0.1, 0.15) is 5.60 Å². The number of terminal acetylenes is 1. The lowest BCUT2D eigenvalue weighted by Crippen LogP contribution is -2.53. The molecule has 2 unspecified atom stereocenters. The van der Waals surface area contributed by atoms with E-state index in [1.807, 2.05) is 40.7 Å². The maximum atomic E-state index is 14.7. The van der Waals surface area contributed by atoms with E-state index in [4.69, 9.17) is 16.0 Å². The third-order valence-corrected chi connectivity index (χ3v) is 5.97. The van der Waals surface area contributed by atoms with E-state index in [-0.39, 0.29) is 17.7 Å². The highest BCUT2D eigenvalue weighted by Crippen LogP contribution is 2.34. The van der Waals surface area contributed by atoms with Crippen LogP contribution >= 0.6 is 11.8 Å². The van der Waals surface area contributed by atoms with Gasteiger partial charge in [-0.25, -0.2) is 4.39 Å². The first kappa shape index (κ1) is 23.0. The largest absolute Gasteiger partial charge is 0.467 e. The van der Waals surface area contributed by atoms with Crippen LogP contribution in [0.2, 0.25) is 0 Å². The molecule has 1 aromatic carbocycles. The molecule has 0 aromatic heterocycles. The zero-order valence-corrected chi connectivity index (χ0v) is 19.4. The SMILES string of the molecule is C#CC1=Cc2cc(OC(SC)C(=O)NC(C)(C)C3=NOC(C)(C)C3)c(F)cc2NC1C. The van der Waals surface area contributed by atoms with Gasteiger partial charge in [0.05, 0.1) is 17.3 Å². The van der Waals surface area contributed by atoms with Gasteiger partial charge < -0.3 is 20.2 Å². The molecule has 1 aromatic rings. The second kappa shape index (κ2) is 8.46. The molecular formula is C23H28FN3O3S. The van der Waals surface area contributed by atoms with Gasteiger partial charge in [-0.1, -0.05) is 11.1 Å². The number of thioether (sulfide) groups is 1. The summed E-state index contributed by atoms with van der Waals surface area (Å²) in [6.07, 6.45) is 9.69. The van der Waals surface area contributed by atoms with Crippen LogP contribution in [-0.2, 0) is 9.63 Å². The quantitative estimate of drug-likeness (QED) is 0.508. The number of nitrogens with one attached hydrogen (secondary N) is 2. The van der Waals surface area contributed by atoms with Crippen molar-refractivity contribution in [3.05, 3.63) is 29.1 Å². The molecule has 0 fully saturated rings. The molecule has 2 heterocycles. The molecule has 0 saturated carbocycles. The van der Waals surface area contributed by atoms with E-state index in [1.165, 1.54) is 17.8 Å². The highest BCUT2D eigenvalue weighted by molar-refractivity contribution is 7.99. The van der Waals surface area contributed by atoms with Gasteiger partial charge in [-0.3, -0.25) is 4.79 Å². The van der Waals surface area contributed by atoms with Crippen molar-refractivity contribution in [1.82, 2.24) is 5.32 Å². The number of hydrogen-bond acceptors (Lipinski definition) is 6. The predicted octanol–water partition coefficient (Wildman–Crippen LogP) is 4.17. The number of oxime groups is 1. The van der Waals surface area contributed by atoms with E-state index in [9.17, 15) is 9.18 Å². The number of benzene rings is 1. The van der Waals surface area contributed by atoms with E-state index >= 15 is 0 Å². The van der Waals surface area contributed by atoms with Crippen LogP contribution in [0.5, 0.6) is 5.75 Å². The maximum Gasteiger partial charge on any atom is 0.272 e. The van der Waals surface area contributed by atoms with Crippen LogP contribution in [0.15, 0.2) is 22.9 Å². The predicted molar refractivity (Wildman–Crippen MR) is 124 cm³/mol. The number of hydrogen-bond donors (Lipinski definition) is 2. The average molecular weight is 446 g/mol. The van der Waals surface area contributed by atoms with Crippen molar-refractivity contribution in [2.75, 3.05) is 11.6 Å². The molecule has 2 aliphatic heterocycles. The fraction of sp³-hybridized carbons (Fsp3) is 0.478. The summed E-state index contributed by atoms with van der Waals surface area (Å²) in [6.45, 7) is 9.48. The lowest BCUT2D eigenvalue weighted by Gasteiger charge is -2.29. The van der Waals surface area contributed by atoms with Crippen LogP contribution < -0.4 is 15.4 Å². The summed E-state index contributed by atoms with van der Waals surface area (Å²) in [7, 11) is 0. The van der Waals surface area contributed by atoms with Crippen LogP contribution in [0, 0.1) is 18.2 Å². The molecule has 31 heavy (non-hydrogen) atoms. The van der Waals surface area contributed by atoms with E-state index in [0.29, 0.717) is 17.7 Å². The van der Waals surface area contributed by atoms with Gasteiger partial charge in [-0.05, 0) is 53.0 Å². The molecule has 0 aliphatic carbocycles. The van der Waals surface area contributed by atoms with Gasteiger partial charge in [-0.15, -0.1) is 18.2 Å². The van der Waals surface area contributed by atoms with Gasteiger partial charge in [0.15, 0.2) is 11.6 Å². The summed E-state index contributed by atoms with van der Waals surface area (Å²) in [5, 5.41) is 10.2. The summed E-state index contributed by atoms with van der Waals surface area (Å²) < 4.78 is 20.5.